The highest BCUT2D eigenvalue weighted by Gasteiger charge is 2.19. The van der Waals surface area contributed by atoms with Crippen molar-refractivity contribution in [3.05, 3.63) is 28.3 Å². The molecule has 0 spiro atoms. The fraction of sp³-hybridized carbons (Fsp3) is 0.455. The van der Waals surface area contributed by atoms with Gasteiger partial charge in [-0.25, -0.2) is 0 Å². The summed E-state index contributed by atoms with van der Waals surface area (Å²) in [6.07, 6.45) is 1.08. The monoisotopic (exact) mass is 252 g/mol. The lowest BCUT2D eigenvalue weighted by Crippen LogP contribution is -2.35. The van der Waals surface area contributed by atoms with E-state index < -0.39 is 4.92 Å². The molecular formula is C11H16N4O3. The van der Waals surface area contributed by atoms with Crippen LogP contribution in [0.3, 0.4) is 0 Å². The Kier molecular flexibility index (Phi) is 3.63. The predicted molar refractivity (Wildman–Crippen MR) is 68.4 cm³/mol. The van der Waals surface area contributed by atoms with Crippen molar-refractivity contribution >= 4 is 17.1 Å². The minimum absolute atomic E-state index is 0.00609. The van der Waals surface area contributed by atoms with Gasteiger partial charge in [-0.15, -0.1) is 0 Å². The van der Waals surface area contributed by atoms with Gasteiger partial charge in [0.2, 0.25) is 0 Å². The maximum atomic E-state index is 10.8. The molecule has 0 aliphatic carbocycles. The summed E-state index contributed by atoms with van der Waals surface area (Å²) in [5, 5.41) is 20.3. The third-order valence-corrected chi connectivity index (χ3v) is 3.11. The fourth-order valence-corrected chi connectivity index (χ4v) is 2.09. The van der Waals surface area contributed by atoms with Crippen LogP contribution in [0.2, 0.25) is 0 Å². The van der Waals surface area contributed by atoms with E-state index in [0.717, 1.165) is 5.69 Å². The quantitative estimate of drug-likeness (QED) is 0.418. The average molecular weight is 252 g/mol. The molecule has 1 aromatic rings. The van der Waals surface area contributed by atoms with Gasteiger partial charge in [0, 0.05) is 30.9 Å². The number of hydrogen-bond donors (Lipinski definition) is 3. The molecule has 18 heavy (non-hydrogen) atoms. The number of rotatable bonds is 3. The minimum Gasteiger partial charge on any atom is -0.393 e. The van der Waals surface area contributed by atoms with Crippen molar-refractivity contribution in [3.8, 4) is 0 Å². The molecule has 0 atom stereocenters. The standard InChI is InChI=1S/C11H16N4O3/c12-13-8-5-9(7-10(6-8)15(17)18)14-3-1-11(16)2-4-14/h5-7,11,13,16H,1-4,12H2. The van der Waals surface area contributed by atoms with E-state index in [1.54, 1.807) is 6.07 Å². The van der Waals surface area contributed by atoms with Gasteiger partial charge in [-0.1, -0.05) is 0 Å². The van der Waals surface area contributed by atoms with Crippen molar-refractivity contribution in [1.82, 2.24) is 0 Å². The Hall–Kier alpha value is -1.86. The maximum absolute atomic E-state index is 10.8. The van der Waals surface area contributed by atoms with E-state index in [1.807, 2.05) is 4.90 Å². The fourth-order valence-electron chi connectivity index (χ4n) is 2.09. The van der Waals surface area contributed by atoms with Crippen LogP contribution < -0.4 is 16.2 Å². The molecule has 7 heteroatoms. The van der Waals surface area contributed by atoms with E-state index in [1.165, 1.54) is 12.1 Å². The van der Waals surface area contributed by atoms with Crippen LogP contribution in [0.25, 0.3) is 0 Å². The molecule has 1 saturated heterocycles. The van der Waals surface area contributed by atoms with Gasteiger partial charge in [0.15, 0.2) is 0 Å². The highest BCUT2D eigenvalue weighted by atomic mass is 16.6. The van der Waals surface area contributed by atoms with E-state index in [4.69, 9.17) is 5.84 Å². The zero-order chi connectivity index (χ0) is 13.1. The van der Waals surface area contributed by atoms with Gasteiger partial charge in [0.05, 0.1) is 16.7 Å². The Morgan fingerprint density at radius 3 is 2.61 bits per heavy atom. The Morgan fingerprint density at radius 2 is 2.06 bits per heavy atom. The van der Waals surface area contributed by atoms with Crippen LogP contribution in [0.15, 0.2) is 18.2 Å². The van der Waals surface area contributed by atoms with E-state index in [-0.39, 0.29) is 11.8 Å². The number of hydrazine groups is 1. The topological polar surface area (TPSA) is 105 Å². The summed E-state index contributed by atoms with van der Waals surface area (Å²) in [7, 11) is 0. The van der Waals surface area contributed by atoms with Crippen molar-refractivity contribution in [2.24, 2.45) is 5.84 Å². The number of anilines is 2. The van der Waals surface area contributed by atoms with Crippen LogP contribution in [0, 0.1) is 10.1 Å². The van der Waals surface area contributed by atoms with E-state index in [0.29, 0.717) is 31.6 Å². The second-order valence-electron chi connectivity index (χ2n) is 4.36. The lowest BCUT2D eigenvalue weighted by molar-refractivity contribution is -0.384. The van der Waals surface area contributed by atoms with Crippen molar-refractivity contribution in [3.63, 3.8) is 0 Å². The van der Waals surface area contributed by atoms with Gasteiger partial charge in [0.25, 0.3) is 5.69 Å². The molecule has 0 radical (unpaired) electrons. The number of nitrogen functional groups attached to an aromatic ring is 1. The Morgan fingerprint density at radius 1 is 1.39 bits per heavy atom. The van der Waals surface area contributed by atoms with Gasteiger partial charge < -0.3 is 15.4 Å². The second kappa shape index (κ2) is 5.19. The van der Waals surface area contributed by atoms with Gasteiger partial charge in [-0.05, 0) is 18.9 Å². The molecule has 1 aromatic carbocycles. The van der Waals surface area contributed by atoms with Crippen molar-refractivity contribution in [2.45, 2.75) is 18.9 Å². The number of hydrogen-bond acceptors (Lipinski definition) is 6. The first-order valence-electron chi connectivity index (χ1n) is 5.79. The number of aliphatic hydroxyl groups excluding tert-OH is 1. The number of benzene rings is 1. The summed E-state index contributed by atoms with van der Waals surface area (Å²) in [6.45, 7) is 1.37. The molecule has 0 aromatic heterocycles. The largest absolute Gasteiger partial charge is 0.393 e. The van der Waals surface area contributed by atoms with E-state index in [2.05, 4.69) is 5.43 Å². The zero-order valence-electron chi connectivity index (χ0n) is 9.87. The third-order valence-electron chi connectivity index (χ3n) is 3.11. The molecule has 0 amide bonds. The van der Waals surface area contributed by atoms with Crippen molar-refractivity contribution in [1.29, 1.82) is 0 Å². The highest BCUT2D eigenvalue weighted by molar-refractivity contribution is 5.64. The Labute approximate surface area is 104 Å². The number of nitrogens with two attached hydrogens (primary N) is 1. The van der Waals surface area contributed by atoms with Gasteiger partial charge in [-0.2, -0.15) is 0 Å². The summed E-state index contributed by atoms with van der Waals surface area (Å²) in [5.41, 5.74) is 3.69. The molecule has 98 valence electrons. The molecule has 0 bridgehead atoms. The first-order chi connectivity index (χ1) is 8.60. The minimum atomic E-state index is -0.441. The first kappa shape index (κ1) is 12.6. The summed E-state index contributed by atoms with van der Waals surface area (Å²) >= 11 is 0. The average Bonchev–Trinajstić information content (AvgIpc) is 2.39. The first-order valence-corrected chi connectivity index (χ1v) is 5.79. The smallest absolute Gasteiger partial charge is 0.273 e. The number of nitrogens with zero attached hydrogens (tertiary/aromatic N) is 2. The summed E-state index contributed by atoms with van der Waals surface area (Å²) in [6, 6.07) is 4.69. The predicted octanol–water partition coefficient (Wildman–Crippen LogP) is 0.841. The Balaban J connectivity index is 2.26. The lowest BCUT2D eigenvalue weighted by Gasteiger charge is -2.31. The molecule has 1 aliphatic heterocycles. The van der Waals surface area contributed by atoms with Gasteiger partial charge >= 0.3 is 0 Å². The molecule has 1 heterocycles. The number of nitro groups is 1. The number of non-ortho nitro benzene ring substituents is 1. The van der Waals surface area contributed by atoms with Crippen molar-refractivity contribution in [2.75, 3.05) is 23.4 Å². The normalized spacial score (nSPS) is 16.7. The number of piperidine rings is 1. The van der Waals surface area contributed by atoms with E-state index >= 15 is 0 Å². The molecule has 0 saturated carbocycles. The summed E-state index contributed by atoms with van der Waals surface area (Å²) in [5.74, 6) is 5.31. The van der Waals surface area contributed by atoms with Crippen LogP contribution in [-0.2, 0) is 0 Å². The second-order valence-corrected chi connectivity index (χ2v) is 4.36. The van der Waals surface area contributed by atoms with Crippen LogP contribution >= 0.6 is 0 Å². The number of nitro benzene ring substituents is 1. The van der Waals surface area contributed by atoms with Crippen LogP contribution in [0.1, 0.15) is 12.8 Å². The molecule has 1 fully saturated rings. The number of aliphatic hydroxyl groups is 1. The molecule has 4 N–H and O–H groups in total. The van der Waals surface area contributed by atoms with Gasteiger partial charge in [-0.3, -0.25) is 16.0 Å². The van der Waals surface area contributed by atoms with Gasteiger partial charge in [0.1, 0.15) is 0 Å². The molecule has 1 aliphatic rings. The molecule has 0 unspecified atom stereocenters. The Bertz CT molecular complexity index is 444. The highest BCUT2D eigenvalue weighted by Crippen LogP contribution is 2.28. The van der Waals surface area contributed by atoms with E-state index in [9.17, 15) is 15.2 Å². The molecule has 2 rings (SSSR count). The van der Waals surface area contributed by atoms with Crippen LogP contribution in [0.5, 0.6) is 0 Å². The zero-order valence-corrected chi connectivity index (χ0v) is 9.87. The third kappa shape index (κ3) is 2.69. The van der Waals surface area contributed by atoms with Crippen molar-refractivity contribution < 1.29 is 10.0 Å². The molecular weight excluding hydrogens is 236 g/mol. The maximum Gasteiger partial charge on any atom is 0.273 e. The SMILES string of the molecule is NNc1cc(N2CCC(O)CC2)cc([N+](=O)[O-])c1. The molecule has 7 nitrogen and oxygen atoms in total. The summed E-state index contributed by atoms with van der Waals surface area (Å²) < 4.78 is 0. The summed E-state index contributed by atoms with van der Waals surface area (Å²) in [4.78, 5) is 12.4. The number of nitrogens with one attached hydrogen (secondary N) is 1. The lowest BCUT2D eigenvalue weighted by atomic mass is 10.1. The van der Waals surface area contributed by atoms with Crippen LogP contribution in [-0.4, -0.2) is 29.2 Å². The van der Waals surface area contributed by atoms with Crippen LogP contribution in [0.4, 0.5) is 17.1 Å².